The van der Waals surface area contributed by atoms with Crippen LogP contribution in [0.25, 0.3) is 22.6 Å². The van der Waals surface area contributed by atoms with E-state index in [4.69, 9.17) is 20.4 Å². The standard InChI is InChI=1S/C25H27N7O2/c1-16(2)32-15-27-21-24(28-19-7-9-20(10-8-19)31-11-13-34-14-12-31)29-23(30-25(21)32)18-5-3-17(4-6-18)22(26)33/h3-10,15-16H,11-14H2,1-2H3,(H2,26,33)(H,28,29,30). The number of hydrogen-bond donors (Lipinski definition) is 2. The van der Waals surface area contributed by atoms with Crippen LogP contribution in [0.4, 0.5) is 17.2 Å². The number of imidazole rings is 1. The highest BCUT2D eigenvalue weighted by atomic mass is 16.5. The number of morpholine rings is 1. The van der Waals surface area contributed by atoms with Gasteiger partial charge in [-0.3, -0.25) is 4.79 Å². The lowest BCUT2D eigenvalue weighted by Crippen LogP contribution is -2.36. The maximum Gasteiger partial charge on any atom is 0.248 e. The molecule has 2 aromatic heterocycles. The van der Waals surface area contributed by atoms with Crippen LogP contribution in [0, 0.1) is 0 Å². The van der Waals surface area contributed by atoms with Gasteiger partial charge in [0.25, 0.3) is 0 Å². The van der Waals surface area contributed by atoms with Gasteiger partial charge in [-0.25, -0.2) is 15.0 Å². The molecule has 9 nitrogen and oxygen atoms in total. The van der Waals surface area contributed by atoms with Crippen molar-refractivity contribution in [1.29, 1.82) is 0 Å². The number of fused-ring (bicyclic) bond motifs is 1. The van der Waals surface area contributed by atoms with Gasteiger partial charge in [0.15, 0.2) is 22.8 Å². The third-order valence-corrected chi connectivity index (χ3v) is 5.91. The highest BCUT2D eigenvalue weighted by Crippen LogP contribution is 2.29. The Morgan fingerprint density at radius 2 is 1.74 bits per heavy atom. The second kappa shape index (κ2) is 9.11. The Labute approximate surface area is 197 Å². The molecule has 0 bridgehead atoms. The zero-order valence-corrected chi connectivity index (χ0v) is 19.2. The molecule has 3 heterocycles. The van der Waals surface area contributed by atoms with Crippen LogP contribution in [-0.4, -0.2) is 51.7 Å². The van der Waals surface area contributed by atoms with Crippen LogP contribution in [-0.2, 0) is 4.74 Å². The number of nitrogens with zero attached hydrogens (tertiary/aromatic N) is 5. The van der Waals surface area contributed by atoms with Gasteiger partial charge in [-0.15, -0.1) is 0 Å². The topological polar surface area (TPSA) is 111 Å². The number of nitrogens with two attached hydrogens (primary N) is 1. The fourth-order valence-corrected chi connectivity index (χ4v) is 4.01. The SMILES string of the molecule is CC(C)n1cnc2c(Nc3ccc(N4CCOCC4)cc3)nc(-c3ccc(C(N)=O)cc3)nc21. The number of benzene rings is 2. The smallest absolute Gasteiger partial charge is 0.248 e. The second-order valence-corrected chi connectivity index (χ2v) is 8.53. The van der Waals surface area contributed by atoms with Crippen molar-refractivity contribution in [2.24, 2.45) is 5.73 Å². The van der Waals surface area contributed by atoms with Crippen LogP contribution in [0.3, 0.4) is 0 Å². The van der Waals surface area contributed by atoms with Gasteiger partial charge in [-0.1, -0.05) is 12.1 Å². The van der Waals surface area contributed by atoms with Crippen molar-refractivity contribution in [1.82, 2.24) is 19.5 Å². The summed E-state index contributed by atoms with van der Waals surface area (Å²) in [5.41, 5.74) is 10.1. The van der Waals surface area contributed by atoms with Crippen molar-refractivity contribution in [2.45, 2.75) is 19.9 Å². The van der Waals surface area contributed by atoms with Crippen LogP contribution in [0.5, 0.6) is 0 Å². The van der Waals surface area contributed by atoms with Crippen LogP contribution in [0.1, 0.15) is 30.2 Å². The van der Waals surface area contributed by atoms with Gasteiger partial charge in [-0.2, -0.15) is 0 Å². The Hall–Kier alpha value is -3.98. The van der Waals surface area contributed by atoms with E-state index in [1.165, 1.54) is 5.69 Å². The Balaban J connectivity index is 1.51. The van der Waals surface area contributed by atoms with E-state index in [1.807, 2.05) is 16.7 Å². The van der Waals surface area contributed by atoms with E-state index < -0.39 is 5.91 Å². The summed E-state index contributed by atoms with van der Waals surface area (Å²) < 4.78 is 7.47. The molecule has 4 aromatic rings. The molecule has 1 fully saturated rings. The molecule has 1 amide bonds. The van der Waals surface area contributed by atoms with E-state index in [9.17, 15) is 4.79 Å². The maximum atomic E-state index is 11.5. The summed E-state index contributed by atoms with van der Waals surface area (Å²) >= 11 is 0. The quantitative estimate of drug-likeness (QED) is 0.453. The summed E-state index contributed by atoms with van der Waals surface area (Å²) in [7, 11) is 0. The molecule has 0 spiro atoms. The third-order valence-electron chi connectivity index (χ3n) is 5.91. The number of rotatable bonds is 6. The molecule has 9 heteroatoms. The number of ether oxygens (including phenoxy) is 1. The first-order valence-corrected chi connectivity index (χ1v) is 11.3. The Morgan fingerprint density at radius 3 is 2.38 bits per heavy atom. The molecule has 1 aliphatic rings. The molecule has 0 radical (unpaired) electrons. The largest absolute Gasteiger partial charge is 0.378 e. The Bertz CT molecular complexity index is 1310. The monoisotopic (exact) mass is 457 g/mol. The summed E-state index contributed by atoms with van der Waals surface area (Å²) in [6.07, 6.45) is 1.79. The number of nitrogens with one attached hydrogen (secondary N) is 1. The van der Waals surface area contributed by atoms with Crippen LogP contribution < -0.4 is 16.0 Å². The molecular weight excluding hydrogens is 430 g/mol. The number of carbonyl (C=O) groups excluding carboxylic acids is 1. The minimum absolute atomic E-state index is 0.186. The third kappa shape index (κ3) is 4.29. The zero-order valence-electron chi connectivity index (χ0n) is 19.2. The second-order valence-electron chi connectivity index (χ2n) is 8.53. The number of aromatic nitrogens is 4. The van der Waals surface area contributed by atoms with Crippen molar-refractivity contribution in [3.8, 4) is 11.4 Å². The van der Waals surface area contributed by atoms with E-state index in [0.29, 0.717) is 22.7 Å². The fraction of sp³-hybridized carbons (Fsp3) is 0.280. The first kappa shape index (κ1) is 21.8. The Morgan fingerprint density at radius 1 is 1.03 bits per heavy atom. The van der Waals surface area contributed by atoms with Gasteiger partial charge in [0.2, 0.25) is 5.91 Å². The molecule has 0 atom stereocenters. The van der Waals surface area contributed by atoms with Crippen molar-refractivity contribution >= 4 is 34.3 Å². The van der Waals surface area contributed by atoms with E-state index >= 15 is 0 Å². The predicted molar refractivity (Wildman–Crippen MR) is 132 cm³/mol. The predicted octanol–water partition coefficient (Wildman–Crippen LogP) is 3.75. The summed E-state index contributed by atoms with van der Waals surface area (Å²) in [5.74, 6) is 0.694. The lowest BCUT2D eigenvalue weighted by atomic mass is 10.1. The average molecular weight is 458 g/mol. The summed E-state index contributed by atoms with van der Waals surface area (Å²) in [5, 5.41) is 3.42. The molecule has 1 aliphatic heterocycles. The summed E-state index contributed by atoms with van der Waals surface area (Å²) in [6, 6.07) is 15.4. The van der Waals surface area contributed by atoms with Crippen LogP contribution >= 0.6 is 0 Å². The molecule has 1 saturated heterocycles. The Kier molecular flexibility index (Phi) is 5.85. The van der Waals surface area contributed by atoms with Gasteiger partial charge in [0, 0.05) is 41.6 Å². The first-order valence-electron chi connectivity index (χ1n) is 11.3. The number of primary amides is 1. The van der Waals surface area contributed by atoms with Gasteiger partial charge in [-0.05, 0) is 50.2 Å². The van der Waals surface area contributed by atoms with Crippen molar-refractivity contribution in [2.75, 3.05) is 36.5 Å². The van der Waals surface area contributed by atoms with Crippen molar-refractivity contribution < 1.29 is 9.53 Å². The molecular formula is C25H27N7O2. The van der Waals surface area contributed by atoms with Crippen molar-refractivity contribution in [3.05, 3.63) is 60.4 Å². The molecule has 0 saturated carbocycles. The molecule has 5 rings (SSSR count). The van der Waals surface area contributed by atoms with Crippen molar-refractivity contribution in [3.63, 3.8) is 0 Å². The van der Waals surface area contributed by atoms with E-state index in [1.54, 1.807) is 30.6 Å². The van der Waals surface area contributed by atoms with Crippen LogP contribution in [0.15, 0.2) is 54.9 Å². The molecule has 34 heavy (non-hydrogen) atoms. The zero-order chi connectivity index (χ0) is 23.7. The summed E-state index contributed by atoms with van der Waals surface area (Å²) in [4.78, 5) is 27.9. The number of carbonyl (C=O) groups is 1. The highest BCUT2D eigenvalue weighted by Gasteiger charge is 2.17. The number of anilines is 3. The fourth-order valence-electron chi connectivity index (χ4n) is 4.01. The lowest BCUT2D eigenvalue weighted by molar-refractivity contribution is 0.100. The van der Waals surface area contributed by atoms with E-state index in [2.05, 4.69) is 41.2 Å². The maximum absolute atomic E-state index is 11.5. The van der Waals surface area contributed by atoms with Gasteiger partial charge >= 0.3 is 0 Å². The minimum Gasteiger partial charge on any atom is -0.378 e. The molecule has 174 valence electrons. The van der Waals surface area contributed by atoms with Gasteiger partial charge in [0.05, 0.1) is 19.5 Å². The van der Waals surface area contributed by atoms with Gasteiger partial charge < -0.3 is 25.3 Å². The van der Waals surface area contributed by atoms with E-state index in [-0.39, 0.29) is 6.04 Å². The van der Waals surface area contributed by atoms with E-state index in [0.717, 1.165) is 43.2 Å². The first-order chi connectivity index (χ1) is 16.5. The molecule has 0 aliphatic carbocycles. The van der Waals surface area contributed by atoms with Gasteiger partial charge in [0.1, 0.15) is 0 Å². The summed E-state index contributed by atoms with van der Waals surface area (Å²) in [6.45, 7) is 7.46. The van der Waals surface area contributed by atoms with Crippen LogP contribution in [0.2, 0.25) is 0 Å². The molecule has 3 N–H and O–H groups in total. The normalized spacial score (nSPS) is 14.0. The average Bonchev–Trinajstić information content (AvgIpc) is 3.30. The number of hydrogen-bond acceptors (Lipinski definition) is 7. The molecule has 2 aromatic carbocycles. The molecule has 0 unspecified atom stereocenters. The minimum atomic E-state index is -0.469. The lowest BCUT2D eigenvalue weighted by Gasteiger charge is -2.28. The number of amides is 1. The highest BCUT2D eigenvalue weighted by molar-refractivity contribution is 5.93.